The zero-order valence-electron chi connectivity index (χ0n) is 11.7. The Labute approximate surface area is 131 Å². The van der Waals surface area contributed by atoms with Crippen LogP contribution in [0.4, 0.5) is 10.6 Å². The van der Waals surface area contributed by atoms with Crippen molar-refractivity contribution in [1.29, 1.82) is 0 Å². The summed E-state index contributed by atoms with van der Waals surface area (Å²) in [4.78, 5) is 14.3. The standard InChI is InChI=1S/C15H16BrN3O2/c1-10-8-14(18-21-10)17-15(20)19-7-3-6-13(19)11-4-2-5-12(16)9-11/h2,4-5,8-9,13H,3,6-7H2,1H3,(H,17,18,20)/t13-/m1/s1. The predicted molar refractivity (Wildman–Crippen MR) is 83.1 cm³/mol. The molecule has 1 atom stereocenters. The van der Waals surface area contributed by atoms with E-state index in [1.807, 2.05) is 17.0 Å². The molecule has 1 N–H and O–H groups in total. The molecule has 0 saturated carbocycles. The molecular weight excluding hydrogens is 334 g/mol. The molecule has 2 heterocycles. The van der Waals surface area contributed by atoms with Gasteiger partial charge in [0.25, 0.3) is 0 Å². The Morgan fingerprint density at radius 3 is 3.05 bits per heavy atom. The normalized spacial score (nSPS) is 18.0. The van der Waals surface area contributed by atoms with Gasteiger partial charge in [0, 0.05) is 17.1 Å². The number of carbonyl (C=O) groups excluding carboxylic acids is 1. The van der Waals surface area contributed by atoms with E-state index >= 15 is 0 Å². The summed E-state index contributed by atoms with van der Waals surface area (Å²) < 4.78 is 5.99. The quantitative estimate of drug-likeness (QED) is 0.887. The van der Waals surface area contributed by atoms with Crippen molar-refractivity contribution >= 4 is 27.8 Å². The number of amides is 2. The lowest BCUT2D eigenvalue weighted by molar-refractivity contribution is 0.207. The van der Waals surface area contributed by atoms with Gasteiger partial charge in [0.05, 0.1) is 6.04 Å². The molecule has 21 heavy (non-hydrogen) atoms. The summed E-state index contributed by atoms with van der Waals surface area (Å²) in [5.74, 6) is 1.13. The van der Waals surface area contributed by atoms with E-state index in [1.54, 1.807) is 13.0 Å². The number of halogens is 1. The summed E-state index contributed by atoms with van der Waals surface area (Å²) >= 11 is 3.48. The van der Waals surface area contributed by atoms with Crippen LogP contribution in [0, 0.1) is 6.92 Å². The average molecular weight is 350 g/mol. The molecule has 0 spiro atoms. The lowest BCUT2D eigenvalue weighted by atomic mass is 10.1. The fraction of sp³-hybridized carbons (Fsp3) is 0.333. The maximum atomic E-state index is 12.4. The first-order valence-corrected chi connectivity index (χ1v) is 7.69. The van der Waals surface area contributed by atoms with Gasteiger partial charge in [-0.3, -0.25) is 5.32 Å². The van der Waals surface area contributed by atoms with Gasteiger partial charge in [0.1, 0.15) is 5.76 Å². The lowest BCUT2D eigenvalue weighted by Crippen LogP contribution is -2.34. The van der Waals surface area contributed by atoms with E-state index in [1.165, 1.54) is 0 Å². The highest BCUT2D eigenvalue weighted by Gasteiger charge is 2.30. The van der Waals surface area contributed by atoms with Crippen LogP contribution in [0.25, 0.3) is 0 Å². The third-order valence-electron chi connectivity index (χ3n) is 3.61. The van der Waals surface area contributed by atoms with Gasteiger partial charge in [-0.1, -0.05) is 33.2 Å². The fourth-order valence-electron chi connectivity index (χ4n) is 2.68. The van der Waals surface area contributed by atoms with Gasteiger partial charge in [-0.05, 0) is 37.5 Å². The summed E-state index contributed by atoms with van der Waals surface area (Å²) in [5.41, 5.74) is 1.15. The Balaban J connectivity index is 1.75. The van der Waals surface area contributed by atoms with E-state index in [0.29, 0.717) is 11.6 Å². The molecule has 5 nitrogen and oxygen atoms in total. The van der Waals surface area contributed by atoms with Crippen molar-refractivity contribution in [2.45, 2.75) is 25.8 Å². The Morgan fingerprint density at radius 2 is 2.33 bits per heavy atom. The van der Waals surface area contributed by atoms with Crippen molar-refractivity contribution in [1.82, 2.24) is 10.1 Å². The molecule has 1 fully saturated rings. The molecule has 6 heteroatoms. The number of likely N-dealkylation sites (tertiary alicyclic amines) is 1. The number of hydrogen-bond donors (Lipinski definition) is 1. The maximum absolute atomic E-state index is 12.4. The number of nitrogens with one attached hydrogen (secondary N) is 1. The Hall–Kier alpha value is -1.82. The molecule has 3 rings (SSSR count). The van der Waals surface area contributed by atoms with Crippen LogP contribution >= 0.6 is 15.9 Å². The van der Waals surface area contributed by atoms with E-state index in [0.717, 1.165) is 29.4 Å². The number of urea groups is 1. The van der Waals surface area contributed by atoms with Crippen molar-refractivity contribution in [2.75, 3.05) is 11.9 Å². The highest BCUT2D eigenvalue weighted by molar-refractivity contribution is 9.10. The summed E-state index contributed by atoms with van der Waals surface area (Å²) in [6.07, 6.45) is 1.98. The average Bonchev–Trinajstić information content (AvgIpc) is 3.07. The van der Waals surface area contributed by atoms with Crippen molar-refractivity contribution in [2.24, 2.45) is 0 Å². The number of rotatable bonds is 2. The van der Waals surface area contributed by atoms with Crippen LogP contribution in [0.2, 0.25) is 0 Å². The molecule has 2 aromatic rings. The van der Waals surface area contributed by atoms with Crippen LogP contribution in [0.3, 0.4) is 0 Å². The van der Waals surface area contributed by atoms with Crippen molar-refractivity contribution in [3.63, 3.8) is 0 Å². The molecule has 1 aromatic heterocycles. The molecule has 0 radical (unpaired) electrons. The Bertz CT molecular complexity index is 656. The zero-order chi connectivity index (χ0) is 14.8. The van der Waals surface area contributed by atoms with Crippen molar-refractivity contribution in [3.8, 4) is 0 Å². The molecule has 1 aliphatic rings. The zero-order valence-corrected chi connectivity index (χ0v) is 13.3. The second kappa shape index (κ2) is 5.89. The van der Waals surface area contributed by atoms with Gasteiger partial charge in [0.2, 0.25) is 0 Å². The van der Waals surface area contributed by atoms with E-state index in [-0.39, 0.29) is 12.1 Å². The number of anilines is 1. The first kappa shape index (κ1) is 14.1. The summed E-state index contributed by atoms with van der Waals surface area (Å²) in [5, 5.41) is 6.59. The van der Waals surface area contributed by atoms with Crippen LogP contribution in [0.5, 0.6) is 0 Å². The minimum atomic E-state index is -0.134. The van der Waals surface area contributed by atoms with Crippen LogP contribution in [0.1, 0.15) is 30.2 Å². The van der Waals surface area contributed by atoms with Crippen LogP contribution < -0.4 is 5.32 Å². The minimum Gasteiger partial charge on any atom is -0.360 e. The first-order chi connectivity index (χ1) is 10.1. The van der Waals surface area contributed by atoms with Gasteiger partial charge >= 0.3 is 6.03 Å². The third-order valence-corrected chi connectivity index (χ3v) is 4.10. The molecule has 0 unspecified atom stereocenters. The van der Waals surface area contributed by atoms with Gasteiger partial charge in [0.15, 0.2) is 5.82 Å². The Morgan fingerprint density at radius 1 is 1.48 bits per heavy atom. The third kappa shape index (κ3) is 3.10. The van der Waals surface area contributed by atoms with Gasteiger partial charge in [-0.15, -0.1) is 0 Å². The smallest absolute Gasteiger partial charge is 0.323 e. The molecule has 1 saturated heterocycles. The monoisotopic (exact) mass is 349 g/mol. The molecule has 110 valence electrons. The minimum absolute atomic E-state index is 0.107. The largest absolute Gasteiger partial charge is 0.360 e. The lowest BCUT2D eigenvalue weighted by Gasteiger charge is -2.25. The molecule has 1 aliphatic heterocycles. The first-order valence-electron chi connectivity index (χ1n) is 6.90. The van der Waals surface area contributed by atoms with Crippen LogP contribution in [0.15, 0.2) is 39.3 Å². The van der Waals surface area contributed by atoms with Gasteiger partial charge in [-0.2, -0.15) is 0 Å². The molecule has 0 aliphatic carbocycles. The number of hydrogen-bond acceptors (Lipinski definition) is 3. The highest BCUT2D eigenvalue weighted by atomic mass is 79.9. The van der Waals surface area contributed by atoms with Crippen LogP contribution in [-0.2, 0) is 0 Å². The second-order valence-corrected chi connectivity index (χ2v) is 6.08. The van der Waals surface area contributed by atoms with E-state index in [2.05, 4.69) is 38.5 Å². The van der Waals surface area contributed by atoms with E-state index in [4.69, 9.17) is 4.52 Å². The second-order valence-electron chi connectivity index (χ2n) is 5.16. The van der Waals surface area contributed by atoms with E-state index < -0.39 is 0 Å². The molecule has 1 aromatic carbocycles. The molecular formula is C15H16BrN3O2. The number of benzene rings is 1. The highest BCUT2D eigenvalue weighted by Crippen LogP contribution is 2.33. The van der Waals surface area contributed by atoms with Gasteiger partial charge < -0.3 is 9.42 Å². The number of nitrogens with zero attached hydrogens (tertiary/aromatic N) is 2. The van der Waals surface area contributed by atoms with Crippen molar-refractivity contribution < 1.29 is 9.32 Å². The number of aromatic nitrogens is 1. The van der Waals surface area contributed by atoms with Gasteiger partial charge in [-0.25, -0.2) is 4.79 Å². The topological polar surface area (TPSA) is 58.4 Å². The predicted octanol–water partition coefficient (Wildman–Crippen LogP) is 4.11. The summed E-state index contributed by atoms with van der Waals surface area (Å²) in [6.45, 7) is 2.54. The van der Waals surface area contributed by atoms with Crippen LogP contribution in [-0.4, -0.2) is 22.6 Å². The maximum Gasteiger partial charge on any atom is 0.323 e. The number of aryl methyl sites for hydroxylation is 1. The fourth-order valence-corrected chi connectivity index (χ4v) is 3.09. The summed E-state index contributed by atoms with van der Waals surface area (Å²) in [6, 6.07) is 9.79. The van der Waals surface area contributed by atoms with E-state index in [9.17, 15) is 4.79 Å². The summed E-state index contributed by atoms with van der Waals surface area (Å²) in [7, 11) is 0. The number of carbonyl (C=O) groups is 1. The molecule has 0 bridgehead atoms. The Kier molecular flexibility index (Phi) is 3.96. The van der Waals surface area contributed by atoms with Crippen molar-refractivity contribution in [3.05, 3.63) is 46.1 Å². The SMILES string of the molecule is Cc1cc(NC(=O)N2CCC[C@@H]2c2cccc(Br)c2)no1. The molecule has 2 amide bonds.